The maximum atomic E-state index is 13.7. The van der Waals surface area contributed by atoms with Crippen molar-refractivity contribution < 1.29 is 4.39 Å². The standard InChI is InChI=1S/C13H15ClFN/c1-3-5-6-13(16-4-2)11-8-7-10(14)9-12(11)15/h1,7-9,13,16H,4-6H2,2H3. The van der Waals surface area contributed by atoms with Gasteiger partial charge in [-0.25, -0.2) is 4.39 Å². The summed E-state index contributed by atoms with van der Waals surface area (Å²) in [6.45, 7) is 2.76. The minimum atomic E-state index is -0.282. The van der Waals surface area contributed by atoms with Gasteiger partial charge in [-0.1, -0.05) is 24.6 Å². The Kier molecular flexibility index (Phi) is 5.31. The lowest BCUT2D eigenvalue weighted by molar-refractivity contribution is 0.490. The Balaban J connectivity index is 2.87. The second-order valence-corrected chi connectivity index (χ2v) is 3.96. The summed E-state index contributed by atoms with van der Waals surface area (Å²) in [5.74, 6) is 2.29. The average Bonchev–Trinajstić information content (AvgIpc) is 2.25. The minimum absolute atomic E-state index is 0.0432. The van der Waals surface area contributed by atoms with E-state index in [0.29, 0.717) is 17.0 Å². The van der Waals surface area contributed by atoms with Gasteiger partial charge in [-0.2, -0.15) is 0 Å². The summed E-state index contributed by atoms with van der Waals surface area (Å²) >= 11 is 5.71. The van der Waals surface area contributed by atoms with Crippen LogP contribution in [0.2, 0.25) is 5.02 Å². The molecule has 0 saturated heterocycles. The zero-order chi connectivity index (χ0) is 12.0. The third-order valence-electron chi connectivity index (χ3n) is 2.37. The van der Waals surface area contributed by atoms with Gasteiger partial charge in [0.15, 0.2) is 0 Å². The third kappa shape index (κ3) is 3.52. The van der Waals surface area contributed by atoms with E-state index in [1.54, 1.807) is 12.1 Å². The van der Waals surface area contributed by atoms with Crippen LogP contribution in [0, 0.1) is 18.2 Å². The minimum Gasteiger partial charge on any atom is -0.310 e. The number of benzene rings is 1. The van der Waals surface area contributed by atoms with Crippen molar-refractivity contribution in [1.29, 1.82) is 0 Å². The first-order valence-electron chi connectivity index (χ1n) is 5.30. The van der Waals surface area contributed by atoms with Crippen LogP contribution in [0.25, 0.3) is 0 Å². The van der Waals surface area contributed by atoms with Crippen molar-refractivity contribution in [3.63, 3.8) is 0 Å². The molecule has 0 aromatic heterocycles. The first-order chi connectivity index (χ1) is 7.69. The molecule has 3 heteroatoms. The van der Waals surface area contributed by atoms with Crippen molar-refractivity contribution in [3.05, 3.63) is 34.6 Å². The number of hydrogen-bond donors (Lipinski definition) is 1. The molecule has 0 saturated carbocycles. The summed E-state index contributed by atoms with van der Waals surface area (Å²) in [4.78, 5) is 0. The van der Waals surface area contributed by atoms with E-state index in [1.807, 2.05) is 6.92 Å². The number of hydrogen-bond acceptors (Lipinski definition) is 1. The molecule has 1 unspecified atom stereocenters. The van der Waals surface area contributed by atoms with Crippen molar-refractivity contribution in [2.75, 3.05) is 6.54 Å². The molecule has 1 rings (SSSR count). The van der Waals surface area contributed by atoms with Crippen LogP contribution in [0.3, 0.4) is 0 Å². The van der Waals surface area contributed by atoms with Gasteiger partial charge in [-0.3, -0.25) is 0 Å². The Hall–Kier alpha value is -1.04. The lowest BCUT2D eigenvalue weighted by Gasteiger charge is -2.18. The highest BCUT2D eigenvalue weighted by atomic mass is 35.5. The molecule has 0 spiro atoms. The highest BCUT2D eigenvalue weighted by molar-refractivity contribution is 6.30. The summed E-state index contributed by atoms with van der Waals surface area (Å²) in [7, 11) is 0. The number of terminal acetylenes is 1. The van der Waals surface area contributed by atoms with Crippen molar-refractivity contribution in [3.8, 4) is 12.3 Å². The molecule has 1 aromatic rings. The van der Waals surface area contributed by atoms with Gasteiger partial charge in [0.25, 0.3) is 0 Å². The fourth-order valence-corrected chi connectivity index (χ4v) is 1.78. The molecule has 0 aliphatic rings. The lowest BCUT2D eigenvalue weighted by atomic mass is 10.0. The quantitative estimate of drug-likeness (QED) is 0.775. The molecule has 86 valence electrons. The summed E-state index contributed by atoms with van der Waals surface area (Å²) < 4.78 is 13.7. The van der Waals surface area contributed by atoms with Crippen molar-refractivity contribution in [2.45, 2.75) is 25.8 Å². The molecular weight excluding hydrogens is 225 g/mol. The van der Waals surface area contributed by atoms with Crippen LogP contribution in [-0.4, -0.2) is 6.54 Å². The summed E-state index contributed by atoms with van der Waals surface area (Å²) in [5.41, 5.74) is 0.626. The van der Waals surface area contributed by atoms with Crippen LogP contribution >= 0.6 is 11.6 Å². The fraction of sp³-hybridized carbons (Fsp3) is 0.385. The van der Waals surface area contributed by atoms with Crippen LogP contribution in [0.5, 0.6) is 0 Å². The van der Waals surface area contributed by atoms with Gasteiger partial charge in [-0.05, 0) is 25.1 Å². The third-order valence-corrected chi connectivity index (χ3v) is 2.60. The van der Waals surface area contributed by atoms with Crippen molar-refractivity contribution in [1.82, 2.24) is 5.32 Å². The Morgan fingerprint density at radius 2 is 2.31 bits per heavy atom. The number of nitrogens with one attached hydrogen (secondary N) is 1. The van der Waals surface area contributed by atoms with Gasteiger partial charge in [0.05, 0.1) is 0 Å². The van der Waals surface area contributed by atoms with E-state index in [-0.39, 0.29) is 11.9 Å². The molecule has 0 fully saturated rings. The topological polar surface area (TPSA) is 12.0 Å². The lowest BCUT2D eigenvalue weighted by Crippen LogP contribution is -2.21. The molecule has 0 heterocycles. The largest absolute Gasteiger partial charge is 0.310 e. The zero-order valence-electron chi connectivity index (χ0n) is 9.26. The second kappa shape index (κ2) is 6.52. The van der Waals surface area contributed by atoms with Crippen molar-refractivity contribution >= 4 is 11.6 Å². The van der Waals surface area contributed by atoms with E-state index >= 15 is 0 Å². The molecule has 0 aliphatic heterocycles. The summed E-state index contributed by atoms with van der Waals surface area (Å²) in [6, 6.07) is 4.69. The second-order valence-electron chi connectivity index (χ2n) is 3.52. The predicted octanol–water partition coefficient (Wildman–Crippen LogP) is 3.54. The molecule has 1 atom stereocenters. The van der Waals surface area contributed by atoms with Crippen LogP contribution in [0.4, 0.5) is 4.39 Å². The first-order valence-corrected chi connectivity index (χ1v) is 5.68. The van der Waals surface area contributed by atoms with Crippen LogP contribution < -0.4 is 5.32 Å². The molecule has 1 aromatic carbocycles. The maximum Gasteiger partial charge on any atom is 0.129 e. The monoisotopic (exact) mass is 239 g/mol. The summed E-state index contributed by atoms with van der Waals surface area (Å²) in [6.07, 6.45) is 6.57. The van der Waals surface area contributed by atoms with E-state index in [4.69, 9.17) is 18.0 Å². The summed E-state index contributed by atoms with van der Waals surface area (Å²) in [5, 5.41) is 3.63. The van der Waals surface area contributed by atoms with E-state index in [1.165, 1.54) is 6.07 Å². The van der Waals surface area contributed by atoms with Gasteiger partial charge in [-0.15, -0.1) is 12.3 Å². The van der Waals surface area contributed by atoms with E-state index < -0.39 is 0 Å². The zero-order valence-corrected chi connectivity index (χ0v) is 10.0. The van der Waals surface area contributed by atoms with Crippen LogP contribution in [-0.2, 0) is 0 Å². The first kappa shape index (κ1) is 13.0. The SMILES string of the molecule is C#CCCC(NCC)c1ccc(Cl)cc1F. The van der Waals surface area contributed by atoms with Gasteiger partial charge in [0, 0.05) is 23.0 Å². The highest BCUT2D eigenvalue weighted by Gasteiger charge is 2.14. The molecule has 1 nitrogen and oxygen atoms in total. The molecule has 16 heavy (non-hydrogen) atoms. The smallest absolute Gasteiger partial charge is 0.129 e. The van der Waals surface area contributed by atoms with Crippen LogP contribution in [0.1, 0.15) is 31.4 Å². The Labute approximate surface area is 101 Å². The molecule has 1 N–H and O–H groups in total. The fourth-order valence-electron chi connectivity index (χ4n) is 1.63. The number of halogens is 2. The molecule has 0 radical (unpaired) electrons. The number of rotatable bonds is 5. The molecule has 0 amide bonds. The molecule has 0 aliphatic carbocycles. The highest BCUT2D eigenvalue weighted by Crippen LogP contribution is 2.23. The van der Waals surface area contributed by atoms with E-state index in [2.05, 4.69) is 11.2 Å². The van der Waals surface area contributed by atoms with Gasteiger partial charge >= 0.3 is 0 Å². The van der Waals surface area contributed by atoms with Gasteiger partial charge in [0.2, 0.25) is 0 Å². The Morgan fingerprint density at radius 3 is 2.88 bits per heavy atom. The predicted molar refractivity (Wildman–Crippen MR) is 65.9 cm³/mol. The Bertz CT molecular complexity index is 384. The average molecular weight is 240 g/mol. The maximum absolute atomic E-state index is 13.7. The normalized spacial score (nSPS) is 12.1. The molecular formula is C13H15ClFN. The van der Waals surface area contributed by atoms with Crippen molar-refractivity contribution in [2.24, 2.45) is 0 Å². The molecule has 0 bridgehead atoms. The van der Waals surface area contributed by atoms with Crippen LogP contribution in [0.15, 0.2) is 18.2 Å². The Morgan fingerprint density at radius 1 is 1.56 bits per heavy atom. The van der Waals surface area contributed by atoms with Gasteiger partial charge in [0.1, 0.15) is 5.82 Å². The van der Waals surface area contributed by atoms with Gasteiger partial charge < -0.3 is 5.32 Å². The van der Waals surface area contributed by atoms with E-state index in [0.717, 1.165) is 13.0 Å². The van der Waals surface area contributed by atoms with E-state index in [9.17, 15) is 4.39 Å².